The summed E-state index contributed by atoms with van der Waals surface area (Å²) in [4.78, 5) is 18.9. The Bertz CT molecular complexity index is 1060. The number of phenols is 1. The van der Waals surface area contributed by atoms with Crippen molar-refractivity contribution in [2.75, 3.05) is 0 Å². The maximum atomic E-state index is 13.1. The molecule has 4 nitrogen and oxygen atoms in total. The van der Waals surface area contributed by atoms with Gasteiger partial charge in [0.2, 0.25) is 0 Å². The summed E-state index contributed by atoms with van der Waals surface area (Å²) < 4.78 is 0. The maximum Gasteiger partial charge on any atom is 0.254 e. The zero-order valence-electron chi connectivity index (χ0n) is 15.8. The number of benzene rings is 2. The highest BCUT2D eigenvalue weighted by atomic mass is 35.5. The van der Waals surface area contributed by atoms with Crippen molar-refractivity contribution in [2.24, 2.45) is 4.99 Å². The van der Waals surface area contributed by atoms with Gasteiger partial charge >= 0.3 is 0 Å². The Morgan fingerprint density at radius 2 is 1.97 bits per heavy atom. The van der Waals surface area contributed by atoms with Crippen molar-refractivity contribution in [1.29, 1.82) is 0 Å². The molecule has 0 bridgehead atoms. The molecule has 3 aromatic rings. The normalized spacial score (nSPS) is 13.4. The molecule has 1 aromatic heterocycles. The molecule has 29 heavy (non-hydrogen) atoms. The van der Waals surface area contributed by atoms with Crippen LogP contribution in [0.25, 0.3) is 0 Å². The topological polar surface area (TPSA) is 61.7 Å². The van der Waals surface area contributed by atoms with E-state index in [-0.39, 0.29) is 11.7 Å². The number of carbonyl (C=O) groups excluding carboxylic acids is 1. The number of amides is 1. The fourth-order valence-electron chi connectivity index (χ4n) is 3.50. The molecular formula is C23H21ClN2O2S. The van der Waals surface area contributed by atoms with E-state index in [0.29, 0.717) is 27.7 Å². The molecule has 1 aliphatic carbocycles. The molecule has 0 saturated heterocycles. The van der Waals surface area contributed by atoms with Crippen LogP contribution in [-0.2, 0) is 19.4 Å². The van der Waals surface area contributed by atoms with E-state index in [4.69, 9.17) is 11.6 Å². The third kappa shape index (κ3) is 4.52. The minimum Gasteiger partial charge on any atom is -0.507 e. The van der Waals surface area contributed by atoms with Gasteiger partial charge in [0, 0.05) is 28.2 Å². The molecule has 0 aliphatic heterocycles. The summed E-state index contributed by atoms with van der Waals surface area (Å²) in [6, 6.07) is 14.7. The van der Waals surface area contributed by atoms with E-state index in [1.54, 1.807) is 29.7 Å². The van der Waals surface area contributed by atoms with Gasteiger partial charge in [-0.25, -0.2) is 4.99 Å². The van der Waals surface area contributed by atoms with Gasteiger partial charge in [-0.3, -0.25) is 4.79 Å². The monoisotopic (exact) mass is 424 g/mol. The van der Waals surface area contributed by atoms with Crippen molar-refractivity contribution in [1.82, 2.24) is 5.32 Å². The standard InChI is InChI=1S/C23H21ClN2O2S/c24-17-10-11-19(27)16(12-17)14-26-23-21(18-8-4-5-9-20(18)29-23)22(28)25-13-15-6-2-1-3-7-15/h1-3,6-7,10-12,14,27H,4-5,8-9,13H2,(H,25,28). The smallest absolute Gasteiger partial charge is 0.254 e. The predicted molar refractivity (Wildman–Crippen MR) is 119 cm³/mol. The average molecular weight is 425 g/mol. The van der Waals surface area contributed by atoms with Gasteiger partial charge in [0.1, 0.15) is 10.8 Å². The van der Waals surface area contributed by atoms with Crippen LogP contribution < -0.4 is 5.32 Å². The van der Waals surface area contributed by atoms with Crippen LogP contribution in [0, 0.1) is 0 Å². The molecule has 4 rings (SSSR count). The van der Waals surface area contributed by atoms with Gasteiger partial charge in [-0.05, 0) is 55.0 Å². The molecule has 6 heteroatoms. The number of halogens is 1. The van der Waals surface area contributed by atoms with Crippen LogP contribution in [0.15, 0.2) is 53.5 Å². The number of aromatic hydroxyl groups is 1. The van der Waals surface area contributed by atoms with E-state index >= 15 is 0 Å². The van der Waals surface area contributed by atoms with Crippen molar-refractivity contribution in [3.8, 4) is 5.75 Å². The van der Waals surface area contributed by atoms with E-state index in [0.717, 1.165) is 36.8 Å². The van der Waals surface area contributed by atoms with Gasteiger partial charge in [-0.1, -0.05) is 41.9 Å². The molecule has 0 unspecified atom stereocenters. The number of fused-ring (bicyclic) bond motifs is 1. The number of carbonyl (C=O) groups is 1. The van der Waals surface area contributed by atoms with Gasteiger partial charge in [0.05, 0.1) is 5.56 Å². The third-order valence-corrected chi connectivity index (χ3v) is 6.42. The van der Waals surface area contributed by atoms with Crippen LogP contribution in [0.1, 0.15) is 44.8 Å². The minimum absolute atomic E-state index is 0.101. The molecule has 148 valence electrons. The van der Waals surface area contributed by atoms with Gasteiger partial charge in [-0.2, -0.15) is 0 Å². The van der Waals surface area contributed by atoms with Crippen LogP contribution >= 0.6 is 22.9 Å². The second kappa shape index (κ2) is 8.80. The number of aliphatic imine (C=N–C) groups is 1. The summed E-state index contributed by atoms with van der Waals surface area (Å²) in [5.41, 5.74) is 3.37. The lowest BCUT2D eigenvalue weighted by Gasteiger charge is -2.12. The summed E-state index contributed by atoms with van der Waals surface area (Å²) >= 11 is 7.60. The van der Waals surface area contributed by atoms with E-state index in [2.05, 4.69) is 10.3 Å². The molecule has 0 radical (unpaired) electrons. The Morgan fingerprint density at radius 1 is 1.17 bits per heavy atom. The van der Waals surface area contributed by atoms with E-state index in [1.807, 2.05) is 30.3 Å². The lowest BCUT2D eigenvalue weighted by Crippen LogP contribution is -2.24. The van der Waals surface area contributed by atoms with Gasteiger partial charge in [0.15, 0.2) is 0 Å². The number of phenolic OH excluding ortho intramolecular Hbond substituents is 1. The maximum absolute atomic E-state index is 13.1. The number of aryl methyl sites for hydroxylation is 1. The number of hydrogen-bond donors (Lipinski definition) is 2. The van der Waals surface area contributed by atoms with Gasteiger partial charge < -0.3 is 10.4 Å². The highest BCUT2D eigenvalue weighted by molar-refractivity contribution is 7.16. The Hall–Kier alpha value is -2.63. The van der Waals surface area contributed by atoms with Crippen LogP contribution in [0.2, 0.25) is 5.02 Å². The Morgan fingerprint density at radius 3 is 2.79 bits per heavy atom. The van der Waals surface area contributed by atoms with Crippen LogP contribution in [0.4, 0.5) is 5.00 Å². The molecule has 0 fully saturated rings. The zero-order chi connectivity index (χ0) is 20.2. The molecule has 0 atom stereocenters. The Labute approximate surface area is 178 Å². The highest BCUT2D eigenvalue weighted by Crippen LogP contribution is 2.40. The van der Waals surface area contributed by atoms with Crippen molar-refractivity contribution in [2.45, 2.75) is 32.2 Å². The second-order valence-corrected chi connectivity index (χ2v) is 8.54. The van der Waals surface area contributed by atoms with Crippen LogP contribution in [0.5, 0.6) is 5.75 Å². The number of nitrogens with one attached hydrogen (secondary N) is 1. The van der Waals surface area contributed by atoms with Crippen molar-refractivity contribution >= 4 is 40.1 Å². The fourth-order valence-corrected chi connectivity index (χ4v) is 4.91. The van der Waals surface area contributed by atoms with Crippen LogP contribution in [-0.4, -0.2) is 17.2 Å². The van der Waals surface area contributed by atoms with Gasteiger partial charge in [-0.15, -0.1) is 11.3 Å². The minimum atomic E-state index is -0.101. The Balaban J connectivity index is 1.63. The molecule has 1 amide bonds. The molecule has 1 heterocycles. The first-order chi connectivity index (χ1) is 14.1. The van der Waals surface area contributed by atoms with Crippen molar-refractivity contribution in [3.05, 3.63) is 80.7 Å². The van der Waals surface area contributed by atoms with E-state index < -0.39 is 0 Å². The van der Waals surface area contributed by atoms with E-state index in [1.165, 1.54) is 10.9 Å². The first-order valence-corrected chi connectivity index (χ1v) is 10.8. The molecule has 1 aliphatic rings. The second-order valence-electron chi connectivity index (χ2n) is 7.02. The molecule has 2 aromatic carbocycles. The predicted octanol–water partition coefficient (Wildman–Crippen LogP) is 5.67. The number of rotatable bonds is 5. The Kier molecular flexibility index (Phi) is 5.97. The first-order valence-electron chi connectivity index (χ1n) is 9.61. The highest BCUT2D eigenvalue weighted by Gasteiger charge is 2.25. The largest absolute Gasteiger partial charge is 0.507 e. The summed E-state index contributed by atoms with van der Waals surface area (Å²) in [5, 5.41) is 14.3. The number of nitrogens with zero attached hydrogens (tertiary/aromatic N) is 1. The van der Waals surface area contributed by atoms with E-state index in [9.17, 15) is 9.90 Å². The quantitative estimate of drug-likeness (QED) is 0.518. The van der Waals surface area contributed by atoms with Crippen molar-refractivity contribution < 1.29 is 9.90 Å². The number of thiophene rings is 1. The zero-order valence-corrected chi connectivity index (χ0v) is 17.4. The molecule has 0 saturated carbocycles. The average Bonchev–Trinajstić information content (AvgIpc) is 3.12. The first kappa shape index (κ1) is 19.7. The molecular weight excluding hydrogens is 404 g/mol. The summed E-state index contributed by atoms with van der Waals surface area (Å²) in [5.74, 6) is 0.00488. The molecule has 0 spiro atoms. The lowest BCUT2D eigenvalue weighted by molar-refractivity contribution is 0.0951. The SMILES string of the molecule is O=C(NCc1ccccc1)c1c(N=Cc2cc(Cl)ccc2O)sc2c1CCCC2. The van der Waals surface area contributed by atoms with Crippen LogP contribution in [0.3, 0.4) is 0 Å². The summed E-state index contributed by atoms with van der Waals surface area (Å²) in [6.45, 7) is 0.475. The van der Waals surface area contributed by atoms with Crippen molar-refractivity contribution in [3.63, 3.8) is 0 Å². The summed E-state index contributed by atoms with van der Waals surface area (Å²) in [7, 11) is 0. The lowest BCUT2D eigenvalue weighted by atomic mass is 9.95. The fraction of sp³-hybridized carbons (Fsp3) is 0.217. The third-order valence-electron chi connectivity index (χ3n) is 4.99. The molecule has 2 N–H and O–H groups in total. The van der Waals surface area contributed by atoms with Gasteiger partial charge in [0.25, 0.3) is 5.91 Å². The number of hydrogen-bond acceptors (Lipinski definition) is 4. The summed E-state index contributed by atoms with van der Waals surface area (Å²) in [6.07, 6.45) is 5.68.